The maximum absolute atomic E-state index is 13.7. The van der Waals surface area contributed by atoms with Gasteiger partial charge in [-0.25, -0.2) is 4.39 Å². The number of anilines is 2. The van der Waals surface area contributed by atoms with Gasteiger partial charge >= 0.3 is 0 Å². The lowest BCUT2D eigenvalue weighted by molar-refractivity contribution is 0.276. The van der Waals surface area contributed by atoms with Gasteiger partial charge in [0.15, 0.2) is 0 Å². The van der Waals surface area contributed by atoms with E-state index in [4.69, 9.17) is 0 Å². The minimum atomic E-state index is -0.348. The van der Waals surface area contributed by atoms with Crippen molar-refractivity contribution in [3.05, 3.63) is 59.4 Å². The molecule has 1 N–H and O–H groups in total. The molecule has 0 saturated heterocycles. The summed E-state index contributed by atoms with van der Waals surface area (Å²) < 4.78 is 13.7. The minimum absolute atomic E-state index is 0.277. The van der Waals surface area contributed by atoms with Crippen LogP contribution in [0, 0.1) is 5.82 Å². The van der Waals surface area contributed by atoms with Crippen LogP contribution in [-0.2, 0) is 13.0 Å². The molecule has 0 spiro atoms. The molecule has 92 valence electrons. The number of aliphatic hydroxyl groups excluding tert-OH is 1. The molecule has 0 radical (unpaired) electrons. The van der Waals surface area contributed by atoms with Crippen molar-refractivity contribution in [1.82, 2.24) is 0 Å². The first-order valence-electron chi connectivity index (χ1n) is 6.05. The molecular weight excluding hydrogens is 229 g/mol. The van der Waals surface area contributed by atoms with Crippen LogP contribution in [0.5, 0.6) is 0 Å². The molecule has 0 fully saturated rings. The van der Waals surface area contributed by atoms with Crippen molar-refractivity contribution in [2.75, 3.05) is 11.4 Å². The van der Waals surface area contributed by atoms with E-state index in [1.807, 2.05) is 24.3 Å². The van der Waals surface area contributed by atoms with Crippen LogP contribution in [0.15, 0.2) is 42.5 Å². The topological polar surface area (TPSA) is 23.5 Å². The zero-order valence-electron chi connectivity index (χ0n) is 9.94. The molecule has 0 aliphatic carbocycles. The molecule has 0 amide bonds. The number of benzene rings is 2. The lowest BCUT2D eigenvalue weighted by Gasteiger charge is -2.22. The largest absolute Gasteiger partial charge is 0.391 e. The normalized spacial score (nSPS) is 13.8. The molecule has 0 unspecified atom stereocenters. The summed E-state index contributed by atoms with van der Waals surface area (Å²) in [5, 5.41) is 9.34. The predicted molar refractivity (Wildman–Crippen MR) is 69.5 cm³/mol. The van der Waals surface area contributed by atoms with E-state index in [0.717, 1.165) is 24.3 Å². The fourth-order valence-corrected chi connectivity index (χ4v) is 2.55. The van der Waals surface area contributed by atoms with Gasteiger partial charge in [-0.3, -0.25) is 0 Å². The van der Waals surface area contributed by atoms with Crippen LogP contribution in [-0.4, -0.2) is 11.7 Å². The van der Waals surface area contributed by atoms with E-state index < -0.39 is 0 Å². The summed E-state index contributed by atoms with van der Waals surface area (Å²) in [6.45, 7) is 0.552. The van der Waals surface area contributed by atoms with Crippen LogP contribution in [0.4, 0.5) is 15.8 Å². The van der Waals surface area contributed by atoms with E-state index >= 15 is 0 Å². The molecule has 3 rings (SSSR count). The molecule has 18 heavy (non-hydrogen) atoms. The molecule has 1 heterocycles. The number of halogens is 1. The smallest absolute Gasteiger partial charge is 0.130 e. The Bertz CT molecular complexity index is 582. The molecular formula is C15H14FNO. The van der Waals surface area contributed by atoms with Crippen LogP contribution in [0.3, 0.4) is 0 Å². The van der Waals surface area contributed by atoms with Gasteiger partial charge in [-0.2, -0.15) is 0 Å². The summed E-state index contributed by atoms with van der Waals surface area (Å²) in [5.41, 5.74) is 3.51. The van der Waals surface area contributed by atoms with Crippen molar-refractivity contribution >= 4 is 11.4 Å². The Labute approximate surface area is 105 Å². The number of rotatable bonds is 2. The molecule has 2 aromatic rings. The molecule has 2 aromatic carbocycles. The molecule has 0 aromatic heterocycles. The average molecular weight is 243 g/mol. The Morgan fingerprint density at radius 2 is 1.83 bits per heavy atom. The quantitative estimate of drug-likeness (QED) is 0.876. The van der Waals surface area contributed by atoms with Crippen LogP contribution >= 0.6 is 0 Å². The highest BCUT2D eigenvalue weighted by Gasteiger charge is 2.22. The second kappa shape index (κ2) is 4.42. The Morgan fingerprint density at radius 3 is 2.67 bits per heavy atom. The lowest BCUT2D eigenvalue weighted by Crippen LogP contribution is -2.16. The van der Waals surface area contributed by atoms with E-state index in [-0.39, 0.29) is 12.4 Å². The van der Waals surface area contributed by atoms with E-state index in [2.05, 4.69) is 11.0 Å². The summed E-state index contributed by atoms with van der Waals surface area (Å²) in [5.74, 6) is -0.348. The molecule has 3 heteroatoms. The molecule has 0 saturated carbocycles. The van der Waals surface area contributed by atoms with Crippen molar-refractivity contribution in [1.29, 1.82) is 0 Å². The van der Waals surface area contributed by atoms with Crippen LogP contribution in [0.1, 0.15) is 11.1 Å². The van der Waals surface area contributed by atoms with Crippen LogP contribution < -0.4 is 4.90 Å². The Morgan fingerprint density at radius 1 is 1.06 bits per heavy atom. The maximum Gasteiger partial charge on any atom is 0.130 e. The van der Waals surface area contributed by atoms with Crippen molar-refractivity contribution in [3.8, 4) is 0 Å². The highest BCUT2D eigenvalue weighted by Crippen LogP contribution is 2.36. The summed E-state index contributed by atoms with van der Waals surface area (Å²) >= 11 is 0. The Kier molecular flexibility index (Phi) is 2.76. The van der Waals surface area contributed by atoms with Crippen molar-refractivity contribution in [2.45, 2.75) is 13.0 Å². The van der Waals surface area contributed by atoms with Crippen LogP contribution in [0.25, 0.3) is 0 Å². The zero-order valence-corrected chi connectivity index (χ0v) is 9.94. The zero-order chi connectivity index (χ0) is 12.5. The molecule has 2 nitrogen and oxygen atoms in total. The number of hydrogen-bond acceptors (Lipinski definition) is 2. The summed E-state index contributed by atoms with van der Waals surface area (Å²) in [7, 11) is 0. The monoisotopic (exact) mass is 243 g/mol. The third-order valence-corrected chi connectivity index (χ3v) is 3.43. The van der Waals surface area contributed by atoms with Crippen LogP contribution in [0.2, 0.25) is 0 Å². The fourth-order valence-electron chi connectivity index (χ4n) is 2.55. The highest BCUT2D eigenvalue weighted by atomic mass is 19.1. The molecule has 1 aliphatic rings. The van der Waals surface area contributed by atoms with Crippen molar-refractivity contribution in [2.24, 2.45) is 0 Å². The van der Waals surface area contributed by atoms with Gasteiger partial charge in [-0.1, -0.05) is 24.3 Å². The Hall–Kier alpha value is -1.87. The van der Waals surface area contributed by atoms with Gasteiger partial charge in [-0.05, 0) is 30.2 Å². The minimum Gasteiger partial charge on any atom is -0.391 e. The van der Waals surface area contributed by atoms with Gasteiger partial charge in [0.05, 0.1) is 6.61 Å². The maximum atomic E-state index is 13.7. The van der Waals surface area contributed by atoms with Gasteiger partial charge < -0.3 is 10.0 Å². The highest BCUT2D eigenvalue weighted by molar-refractivity contribution is 5.72. The van der Waals surface area contributed by atoms with E-state index in [1.54, 1.807) is 6.07 Å². The molecule has 0 atom stereocenters. The first-order valence-corrected chi connectivity index (χ1v) is 6.05. The average Bonchev–Trinajstić information content (AvgIpc) is 2.82. The summed E-state index contributed by atoms with van der Waals surface area (Å²) in [6, 6.07) is 13.1. The van der Waals surface area contributed by atoms with Gasteiger partial charge in [0.25, 0.3) is 0 Å². The molecule has 0 bridgehead atoms. The number of hydrogen-bond donors (Lipinski definition) is 1. The Balaban J connectivity index is 2.10. The van der Waals surface area contributed by atoms with Crippen molar-refractivity contribution < 1.29 is 9.50 Å². The van der Waals surface area contributed by atoms with Gasteiger partial charge in [-0.15, -0.1) is 0 Å². The summed E-state index contributed by atoms with van der Waals surface area (Å²) in [6.07, 6.45) is 0.956. The van der Waals surface area contributed by atoms with E-state index in [0.29, 0.717) is 5.56 Å². The van der Waals surface area contributed by atoms with Gasteiger partial charge in [0.2, 0.25) is 0 Å². The van der Waals surface area contributed by atoms with Gasteiger partial charge in [0, 0.05) is 23.5 Å². The number of aliphatic hydroxyl groups is 1. The number of fused-ring (bicyclic) bond motifs is 1. The number of nitrogens with zero attached hydrogens (tertiary/aromatic N) is 1. The first kappa shape index (κ1) is 11.2. The van der Waals surface area contributed by atoms with E-state index in [1.165, 1.54) is 11.6 Å². The first-order chi connectivity index (χ1) is 8.81. The third kappa shape index (κ3) is 1.68. The third-order valence-electron chi connectivity index (χ3n) is 3.43. The summed E-state index contributed by atoms with van der Waals surface area (Å²) in [4.78, 5) is 2.07. The van der Waals surface area contributed by atoms with Crippen molar-refractivity contribution in [3.63, 3.8) is 0 Å². The molecule has 1 aliphatic heterocycles. The SMILES string of the molecule is OCc1c(F)cccc1N1CCc2ccccc21. The van der Waals surface area contributed by atoms with E-state index in [9.17, 15) is 9.50 Å². The second-order valence-corrected chi connectivity index (χ2v) is 4.43. The number of para-hydroxylation sites is 1. The lowest BCUT2D eigenvalue weighted by atomic mass is 10.1. The second-order valence-electron chi connectivity index (χ2n) is 4.43. The predicted octanol–water partition coefficient (Wildman–Crippen LogP) is 3.01. The standard InChI is InChI=1S/C15H14FNO/c16-13-5-3-7-15(12(13)10-18)17-9-8-11-4-1-2-6-14(11)17/h1-7,18H,8-10H2. The fraction of sp³-hybridized carbons (Fsp3) is 0.200. The van der Waals surface area contributed by atoms with Gasteiger partial charge in [0.1, 0.15) is 5.82 Å².